The zero-order valence-electron chi connectivity index (χ0n) is 20.4. The second-order valence-electron chi connectivity index (χ2n) is 10.0. The molecule has 3 rings (SSSR count). The van der Waals surface area contributed by atoms with Crippen LogP contribution in [0.4, 0.5) is 11.6 Å². The van der Waals surface area contributed by atoms with Crippen molar-refractivity contribution >= 4 is 46.5 Å². The van der Waals surface area contributed by atoms with Crippen LogP contribution >= 0.6 is 23.8 Å². The molecule has 2 heterocycles. The third kappa shape index (κ3) is 7.35. The monoisotopic (exact) mass is 487 g/mol. The van der Waals surface area contributed by atoms with E-state index in [1.807, 2.05) is 45.0 Å². The van der Waals surface area contributed by atoms with Gasteiger partial charge in [-0.3, -0.25) is 5.32 Å². The fraction of sp³-hybridized carbons (Fsp3) is 0.500. The topological polar surface area (TPSA) is 86.3 Å². The third-order valence-electron chi connectivity index (χ3n) is 5.36. The summed E-state index contributed by atoms with van der Waals surface area (Å²) < 4.78 is 0. The lowest BCUT2D eigenvalue weighted by Crippen LogP contribution is -2.59. The Hall–Kier alpha value is -2.29. The zero-order chi connectivity index (χ0) is 24.4. The minimum Gasteiger partial charge on any atom is -0.331 e. The number of aromatic nitrogens is 2. The summed E-state index contributed by atoms with van der Waals surface area (Å²) in [7, 11) is 0. The summed E-state index contributed by atoms with van der Waals surface area (Å²) in [6, 6.07) is 7.79. The summed E-state index contributed by atoms with van der Waals surface area (Å²) in [5.41, 5.74) is 3.39. The van der Waals surface area contributed by atoms with Crippen LogP contribution in [0, 0.1) is 20.8 Å². The Morgan fingerprint density at radius 2 is 1.67 bits per heavy atom. The van der Waals surface area contributed by atoms with Gasteiger partial charge in [-0.1, -0.05) is 23.7 Å². The lowest BCUT2D eigenvalue weighted by Gasteiger charge is -2.45. The van der Waals surface area contributed by atoms with Crippen molar-refractivity contribution in [2.45, 2.75) is 78.4 Å². The maximum absolute atomic E-state index is 6.43. The molecule has 33 heavy (non-hydrogen) atoms. The molecule has 0 atom stereocenters. The fourth-order valence-corrected chi connectivity index (χ4v) is 4.91. The molecule has 0 bridgehead atoms. The van der Waals surface area contributed by atoms with Crippen LogP contribution in [0.15, 0.2) is 29.3 Å². The van der Waals surface area contributed by atoms with Gasteiger partial charge in [0.05, 0.1) is 16.8 Å². The standard InChI is InChI=1S/C24H34ClN7S/c1-14-9-8-10-18(19(14)25)29-22(33)31-21(30-20-26-15(2)11-16(3)27-20)28-17-12-23(4,5)32-24(6,7)13-17/h8-11,17,32H,12-13H2,1-7H3,(H3,26,27,28,29,30,31,33). The molecule has 0 amide bonds. The highest BCUT2D eigenvalue weighted by molar-refractivity contribution is 7.80. The molecule has 1 aromatic heterocycles. The maximum Gasteiger partial charge on any atom is 0.229 e. The zero-order valence-corrected chi connectivity index (χ0v) is 22.0. The molecule has 7 nitrogen and oxygen atoms in total. The maximum atomic E-state index is 6.43. The minimum absolute atomic E-state index is 0.0364. The van der Waals surface area contributed by atoms with Gasteiger partial charge in [0, 0.05) is 22.5 Å². The smallest absolute Gasteiger partial charge is 0.229 e. The van der Waals surface area contributed by atoms with Gasteiger partial charge >= 0.3 is 0 Å². The van der Waals surface area contributed by atoms with E-state index in [2.05, 4.69) is 58.9 Å². The van der Waals surface area contributed by atoms with Gasteiger partial charge in [0.1, 0.15) is 0 Å². The molecule has 9 heteroatoms. The third-order valence-corrected chi connectivity index (χ3v) is 6.07. The molecular weight excluding hydrogens is 454 g/mol. The van der Waals surface area contributed by atoms with Gasteiger partial charge < -0.3 is 16.0 Å². The number of rotatable bonds is 3. The summed E-state index contributed by atoms with van der Waals surface area (Å²) in [5, 5.41) is 14.3. The van der Waals surface area contributed by atoms with E-state index in [1.54, 1.807) is 0 Å². The normalized spacial score (nSPS) is 18.0. The van der Waals surface area contributed by atoms with Crippen molar-refractivity contribution in [2.75, 3.05) is 10.6 Å². The van der Waals surface area contributed by atoms with Crippen molar-refractivity contribution in [2.24, 2.45) is 4.99 Å². The number of benzene rings is 1. The van der Waals surface area contributed by atoms with E-state index in [-0.39, 0.29) is 17.1 Å². The van der Waals surface area contributed by atoms with Gasteiger partial charge in [-0.25, -0.2) is 15.0 Å². The van der Waals surface area contributed by atoms with Crippen LogP contribution in [0.3, 0.4) is 0 Å². The summed E-state index contributed by atoms with van der Waals surface area (Å²) in [5.74, 6) is 0.974. The lowest BCUT2D eigenvalue weighted by atomic mass is 9.80. The average Bonchev–Trinajstić information content (AvgIpc) is 2.61. The molecule has 0 saturated carbocycles. The van der Waals surface area contributed by atoms with Gasteiger partial charge in [-0.05, 0) is 91.2 Å². The Labute approximate surface area is 207 Å². The number of aliphatic imine (C=N–C) groups is 1. The van der Waals surface area contributed by atoms with Crippen molar-refractivity contribution in [3.63, 3.8) is 0 Å². The number of nitrogens with zero attached hydrogens (tertiary/aromatic N) is 3. The first-order valence-corrected chi connectivity index (χ1v) is 11.9. The highest BCUT2D eigenvalue weighted by Gasteiger charge is 2.37. The summed E-state index contributed by atoms with van der Waals surface area (Å²) >= 11 is 12.0. The van der Waals surface area contributed by atoms with Crippen molar-refractivity contribution in [3.05, 3.63) is 46.2 Å². The Morgan fingerprint density at radius 3 is 2.27 bits per heavy atom. The summed E-state index contributed by atoms with van der Waals surface area (Å²) in [4.78, 5) is 14.0. The molecular formula is C24H34ClN7S. The van der Waals surface area contributed by atoms with E-state index in [0.717, 1.165) is 35.5 Å². The number of anilines is 2. The van der Waals surface area contributed by atoms with Crippen LogP contribution in [0.1, 0.15) is 57.5 Å². The van der Waals surface area contributed by atoms with Gasteiger partial charge in [0.15, 0.2) is 5.11 Å². The Balaban J connectivity index is 1.86. The van der Waals surface area contributed by atoms with Crippen LogP contribution in [0.2, 0.25) is 5.02 Å². The number of hydrogen-bond donors (Lipinski definition) is 4. The largest absolute Gasteiger partial charge is 0.331 e. The fourth-order valence-electron chi connectivity index (χ4n) is 4.53. The Bertz CT molecular complexity index is 1030. The van der Waals surface area contributed by atoms with Crippen LogP contribution in [-0.4, -0.2) is 38.2 Å². The van der Waals surface area contributed by atoms with Gasteiger partial charge in [0.25, 0.3) is 0 Å². The first kappa shape index (κ1) is 25.3. The first-order valence-electron chi connectivity index (χ1n) is 11.1. The number of aryl methyl sites for hydroxylation is 3. The van der Waals surface area contributed by atoms with E-state index >= 15 is 0 Å². The molecule has 4 N–H and O–H groups in total. The second-order valence-corrected chi connectivity index (χ2v) is 10.8. The molecule has 0 aliphatic carbocycles. The molecule has 1 aliphatic rings. The molecule has 1 aliphatic heterocycles. The van der Waals surface area contributed by atoms with E-state index in [1.165, 1.54) is 0 Å². The van der Waals surface area contributed by atoms with Crippen LogP contribution in [-0.2, 0) is 0 Å². The molecule has 1 fully saturated rings. The van der Waals surface area contributed by atoms with E-state index < -0.39 is 0 Å². The van der Waals surface area contributed by atoms with E-state index in [0.29, 0.717) is 22.0 Å². The van der Waals surface area contributed by atoms with E-state index in [4.69, 9.17) is 28.8 Å². The van der Waals surface area contributed by atoms with Gasteiger partial charge in [-0.2, -0.15) is 0 Å². The van der Waals surface area contributed by atoms with Crippen LogP contribution < -0.4 is 21.3 Å². The van der Waals surface area contributed by atoms with Crippen molar-refractivity contribution < 1.29 is 0 Å². The number of piperidine rings is 1. The highest BCUT2D eigenvalue weighted by atomic mass is 35.5. The SMILES string of the molecule is Cc1cc(C)nc(NC(=NC2CC(C)(C)NC(C)(C)C2)NC(=S)Nc2cccc(C)c2Cl)n1. The Morgan fingerprint density at radius 1 is 1.06 bits per heavy atom. The first-order chi connectivity index (χ1) is 15.3. The molecule has 0 radical (unpaired) electrons. The van der Waals surface area contributed by atoms with Gasteiger partial charge in [0.2, 0.25) is 11.9 Å². The molecule has 0 unspecified atom stereocenters. The Kier molecular flexibility index (Phi) is 7.61. The predicted octanol–water partition coefficient (Wildman–Crippen LogP) is 5.12. The highest BCUT2D eigenvalue weighted by Crippen LogP contribution is 2.30. The summed E-state index contributed by atoms with van der Waals surface area (Å²) in [6.45, 7) is 14.6. The van der Waals surface area contributed by atoms with Crippen LogP contribution in [0.25, 0.3) is 0 Å². The second kappa shape index (κ2) is 9.91. The van der Waals surface area contributed by atoms with Crippen LogP contribution in [0.5, 0.6) is 0 Å². The van der Waals surface area contributed by atoms with Crippen molar-refractivity contribution in [1.82, 2.24) is 20.6 Å². The predicted molar refractivity (Wildman–Crippen MR) is 142 cm³/mol. The number of guanidine groups is 1. The molecule has 1 aromatic carbocycles. The average molecular weight is 488 g/mol. The quantitative estimate of drug-likeness (QED) is 0.271. The summed E-state index contributed by atoms with van der Waals surface area (Å²) in [6.07, 6.45) is 1.78. The molecule has 2 aromatic rings. The minimum atomic E-state index is -0.0364. The molecule has 0 spiro atoms. The van der Waals surface area contributed by atoms with E-state index in [9.17, 15) is 0 Å². The molecule has 178 valence electrons. The lowest BCUT2D eigenvalue weighted by molar-refractivity contribution is 0.164. The molecule has 1 saturated heterocycles. The number of halogens is 1. The number of nitrogens with one attached hydrogen (secondary N) is 4. The van der Waals surface area contributed by atoms with Gasteiger partial charge in [-0.15, -0.1) is 0 Å². The van der Waals surface area contributed by atoms with Crippen molar-refractivity contribution in [3.8, 4) is 0 Å². The van der Waals surface area contributed by atoms with Crippen molar-refractivity contribution in [1.29, 1.82) is 0 Å². The number of thiocarbonyl (C=S) groups is 1. The number of hydrogen-bond acceptors (Lipinski definition) is 5.